The average molecular weight is 361 g/mol. The summed E-state index contributed by atoms with van der Waals surface area (Å²) >= 11 is 0. The summed E-state index contributed by atoms with van der Waals surface area (Å²) in [4.78, 5) is 22.6. The predicted octanol–water partition coefficient (Wildman–Crippen LogP) is -1.59. The van der Waals surface area contributed by atoms with Gasteiger partial charge in [-0.1, -0.05) is 54.6 Å². The number of aliphatic carboxylic acids is 1. The van der Waals surface area contributed by atoms with Gasteiger partial charge in [0.25, 0.3) is 0 Å². The fraction of sp³-hybridized carbons (Fsp3) is 0.300. The van der Waals surface area contributed by atoms with E-state index >= 15 is 0 Å². The number of amides is 1. The molecule has 0 aromatic heterocycles. The van der Waals surface area contributed by atoms with Crippen LogP contribution in [0, 0.1) is 11.8 Å². The molecule has 1 N–H and O–H groups in total. The molecule has 130 valence electrons. The van der Waals surface area contributed by atoms with Crippen LogP contribution in [-0.2, 0) is 34.1 Å². The second kappa shape index (κ2) is 9.88. The summed E-state index contributed by atoms with van der Waals surface area (Å²) in [5, 5.41) is 13.5. The van der Waals surface area contributed by atoms with Gasteiger partial charge in [-0.25, -0.2) is 0 Å². The topological polar surface area (TPSA) is 78.5 Å². The summed E-state index contributed by atoms with van der Waals surface area (Å²) < 4.78 is 5.72. The molecule has 0 bridgehead atoms. The second-order valence-electron chi connectivity index (χ2n) is 6.28. The molecule has 5 nitrogen and oxygen atoms in total. The molecule has 26 heavy (non-hydrogen) atoms. The molecule has 0 unspecified atom stereocenters. The van der Waals surface area contributed by atoms with Crippen molar-refractivity contribution in [1.82, 2.24) is 5.32 Å². The zero-order chi connectivity index (χ0) is 17.6. The molecule has 1 aliphatic carbocycles. The van der Waals surface area contributed by atoms with Crippen LogP contribution >= 0.6 is 0 Å². The third kappa shape index (κ3) is 5.95. The van der Waals surface area contributed by atoms with Crippen molar-refractivity contribution >= 4 is 11.9 Å². The minimum absolute atomic E-state index is 0. The van der Waals surface area contributed by atoms with E-state index in [1.54, 1.807) is 0 Å². The molecule has 2 aromatic rings. The molecular weight excluding hydrogens is 341 g/mol. The third-order valence-electron chi connectivity index (χ3n) is 4.27. The van der Waals surface area contributed by atoms with Crippen LogP contribution in [0.25, 0.3) is 0 Å². The molecule has 0 heterocycles. The molecule has 1 fully saturated rings. The number of hydrogen-bond acceptors (Lipinski definition) is 4. The normalized spacial score (nSPS) is 17.8. The smallest absolute Gasteiger partial charge is 0.550 e. The van der Waals surface area contributed by atoms with Crippen molar-refractivity contribution in [3.8, 4) is 0 Å². The van der Waals surface area contributed by atoms with Crippen LogP contribution in [0.4, 0.5) is 0 Å². The Morgan fingerprint density at radius 3 is 2.31 bits per heavy atom. The number of benzene rings is 2. The maximum Gasteiger partial charge on any atom is 1.00 e. The first-order valence-electron chi connectivity index (χ1n) is 8.31. The van der Waals surface area contributed by atoms with Crippen LogP contribution in [0.5, 0.6) is 0 Å². The first kappa shape index (κ1) is 20.6. The van der Waals surface area contributed by atoms with Gasteiger partial charge in [-0.3, -0.25) is 4.79 Å². The van der Waals surface area contributed by atoms with Crippen LogP contribution < -0.4 is 40.0 Å². The van der Waals surface area contributed by atoms with E-state index in [0.29, 0.717) is 26.2 Å². The number of carbonyl (C=O) groups is 2. The maximum atomic E-state index is 11.9. The Labute approximate surface area is 175 Å². The van der Waals surface area contributed by atoms with Crippen LogP contribution in [0.3, 0.4) is 0 Å². The molecule has 1 saturated carbocycles. The molecule has 1 amide bonds. The van der Waals surface area contributed by atoms with E-state index in [4.69, 9.17) is 4.74 Å². The van der Waals surface area contributed by atoms with Crippen molar-refractivity contribution in [2.24, 2.45) is 11.8 Å². The summed E-state index contributed by atoms with van der Waals surface area (Å²) in [6, 6.07) is 17.8. The Morgan fingerprint density at radius 2 is 1.62 bits per heavy atom. The number of ether oxygens (including phenoxy) is 1. The average Bonchev–Trinajstić information content (AvgIpc) is 3.42. The zero-order valence-electron chi connectivity index (χ0n) is 14.8. The van der Waals surface area contributed by atoms with Gasteiger partial charge in [0.1, 0.15) is 0 Å². The second-order valence-corrected chi connectivity index (χ2v) is 6.28. The number of carboxylic acids is 1. The van der Waals surface area contributed by atoms with Gasteiger partial charge in [-0.05, 0) is 23.1 Å². The molecule has 0 radical (unpaired) electrons. The van der Waals surface area contributed by atoms with Gasteiger partial charge in [-0.2, -0.15) is 0 Å². The van der Waals surface area contributed by atoms with E-state index < -0.39 is 17.8 Å². The molecule has 0 spiro atoms. The standard InChI is InChI=1S/C20H21NO4.Na/c22-19(17-10-18(17)20(23)24)21-11-15-7-4-8-16(9-15)13-25-12-14-5-2-1-3-6-14;/h1-9,17-18H,10-13H2,(H,21,22)(H,23,24);/q;+1/p-1/t17-,18+;/m0./s1. The molecular formula is C20H20NNaO4. The minimum Gasteiger partial charge on any atom is -0.550 e. The zero-order valence-corrected chi connectivity index (χ0v) is 16.8. The van der Waals surface area contributed by atoms with E-state index in [9.17, 15) is 14.7 Å². The van der Waals surface area contributed by atoms with Gasteiger partial charge < -0.3 is 20.0 Å². The number of hydrogen-bond donors (Lipinski definition) is 1. The molecule has 2 aromatic carbocycles. The Balaban J connectivity index is 0.00000243. The van der Waals surface area contributed by atoms with Gasteiger partial charge in [0.05, 0.1) is 13.2 Å². The van der Waals surface area contributed by atoms with Gasteiger partial charge >= 0.3 is 29.6 Å². The Bertz CT molecular complexity index is 750. The fourth-order valence-electron chi connectivity index (χ4n) is 2.76. The third-order valence-corrected chi connectivity index (χ3v) is 4.27. The Hall–Kier alpha value is -1.66. The summed E-state index contributed by atoms with van der Waals surface area (Å²) in [7, 11) is 0. The predicted molar refractivity (Wildman–Crippen MR) is 89.8 cm³/mol. The number of carboxylic acid groups (broad SMARTS) is 1. The van der Waals surface area contributed by atoms with E-state index in [-0.39, 0.29) is 35.5 Å². The first-order valence-corrected chi connectivity index (χ1v) is 8.31. The van der Waals surface area contributed by atoms with E-state index in [2.05, 4.69) is 5.32 Å². The van der Waals surface area contributed by atoms with Gasteiger partial charge in [0.2, 0.25) is 5.91 Å². The van der Waals surface area contributed by atoms with Gasteiger partial charge in [0, 0.05) is 24.3 Å². The molecule has 3 rings (SSSR count). The van der Waals surface area contributed by atoms with E-state index in [0.717, 1.165) is 16.7 Å². The molecule has 0 saturated heterocycles. The SMILES string of the molecule is O=C(NCc1cccc(COCc2ccccc2)c1)[C@H]1C[C@H]1C(=O)[O-].[Na+]. The van der Waals surface area contributed by atoms with Gasteiger partial charge in [-0.15, -0.1) is 0 Å². The Morgan fingerprint density at radius 1 is 0.962 bits per heavy atom. The summed E-state index contributed by atoms with van der Waals surface area (Å²) in [5.41, 5.74) is 3.11. The minimum atomic E-state index is -1.14. The van der Waals surface area contributed by atoms with Crippen molar-refractivity contribution < 1.29 is 49.0 Å². The van der Waals surface area contributed by atoms with Crippen LogP contribution in [0.1, 0.15) is 23.1 Å². The van der Waals surface area contributed by atoms with E-state index in [1.807, 2.05) is 54.6 Å². The number of rotatable bonds is 8. The van der Waals surface area contributed by atoms with Crippen molar-refractivity contribution in [2.45, 2.75) is 26.2 Å². The monoisotopic (exact) mass is 361 g/mol. The molecule has 0 aliphatic heterocycles. The molecule has 2 atom stereocenters. The number of nitrogens with one attached hydrogen (secondary N) is 1. The van der Waals surface area contributed by atoms with E-state index in [1.165, 1.54) is 0 Å². The largest absolute Gasteiger partial charge is 1.00 e. The van der Waals surface area contributed by atoms with Crippen LogP contribution in [0.2, 0.25) is 0 Å². The Kier molecular flexibility index (Phi) is 7.85. The summed E-state index contributed by atoms with van der Waals surface area (Å²) in [6.07, 6.45) is 0.377. The number of carbonyl (C=O) groups excluding carboxylic acids is 2. The maximum absolute atomic E-state index is 11.9. The van der Waals surface area contributed by atoms with Crippen LogP contribution in [-0.4, -0.2) is 11.9 Å². The van der Waals surface area contributed by atoms with Crippen molar-refractivity contribution in [3.05, 3.63) is 71.3 Å². The van der Waals surface area contributed by atoms with Crippen molar-refractivity contribution in [2.75, 3.05) is 0 Å². The van der Waals surface area contributed by atoms with Gasteiger partial charge in [0.15, 0.2) is 0 Å². The summed E-state index contributed by atoms with van der Waals surface area (Å²) in [5.74, 6) is -2.43. The van der Waals surface area contributed by atoms with Crippen molar-refractivity contribution in [1.29, 1.82) is 0 Å². The van der Waals surface area contributed by atoms with Crippen molar-refractivity contribution in [3.63, 3.8) is 0 Å². The fourth-order valence-corrected chi connectivity index (χ4v) is 2.76. The molecule has 1 aliphatic rings. The summed E-state index contributed by atoms with van der Waals surface area (Å²) in [6.45, 7) is 1.42. The molecule has 6 heteroatoms. The quantitative estimate of drug-likeness (QED) is 0.575. The first-order chi connectivity index (χ1) is 12.1. The van der Waals surface area contributed by atoms with Crippen LogP contribution in [0.15, 0.2) is 54.6 Å².